The molecule has 2 heterocycles. The molecule has 2 rings (SSSR count). The number of rotatable bonds is 4. The summed E-state index contributed by atoms with van der Waals surface area (Å²) in [7, 11) is 0. The molecule has 0 amide bonds. The van der Waals surface area contributed by atoms with Crippen LogP contribution < -0.4 is 5.32 Å². The molecule has 19 heavy (non-hydrogen) atoms. The molecule has 1 N–H and O–H groups in total. The van der Waals surface area contributed by atoms with Crippen LogP contribution in [0.2, 0.25) is 0 Å². The Bertz CT molecular complexity index is 278. The summed E-state index contributed by atoms with van der Waals surface area (Å²) in [5, 5.41) is 3.62. The van der Waals surface area contributed by atoms with E-state index in [1.807, 2.05) is 0 Å². The lowest BCUT2D eigenvalue weighted by molar-refractivity contribution is 0.103. The van der Waals surface area contributed by atoms with Gasteiger partial charge in [-0.25, -0.2) is 0 Å². The van der Waals surface area contributed by atoms with Crippen LogP contribution in [0.15, 0.2) is 0 Å². The van der Waals surface area contributed by atoms with Crippen molar-refractivity contribution in [2.45, 2.75) is 59.0 Å². The third-order valence-electron chi connectivity index (χ3n) is 4.47. The van der Waals surface area contributed by atoms with Gasteiger partial charge in [0.05, 0.1) is 0 Å². The summed E-state index contributed by atoms with van der Waals surface area (Å²) in [6.07, 6.45) is 4.20. The smallest absolute Gasteiger partial charge is 0.0191 e. The Hall–Kier alpha value is 0.270. The van der Waals surface area contributed by atoms with Crippen LogP contribution in [0.1, 0.15) is 47.0 Å². The topological polar surface area (TPSA) is 15.3 Å². The number of piperidine rings is 1. The molecule has 0 radical (unpaired) electrons. The van der Waals surface area contributed by atoms with Gasteiger partial charge in [0.25, 0.3) is 0 Å². The van der Waals surface area contributed by atoms with Crippen molar-refractivity contribution in [3.05, 3.63) is 0 Å². The number of likely N-dealkylation sites (tertiary alicyclic amines) is 1. The zero-order valence-electron chi connectivity index (χ0n) is 13.2. The minimum absolute atomic E-state index is 0.538. The number of nitrogens with one attached hydrogen (secondary N) is 1. The summed E-state index contributed by atoms with van der Waals surface area (Å²) >= 11 is 2.17. The highest BCUT2D eigenvalue weighted by atomic mass is 32.2. The molecular formula is C16H32N2S. The van der Waals surface area contributed by atoms with Gasteiger partial charge in [-0.2, -0.15) is 11.8 Å². The Morgan fingerprint density at radius 2 is 2.16 bits per heavy atom. The number of hydrogen-bond acceptors (Lipinski definition) is 3. The maximum absolute atomic E-state index is 3.62. The maximum Gasteiger partial charge on any atom is 0.0191 e. The highest BCUT2D eigenvalue weighted by Gasteiger charge is 2.33. The van der Waals surface area contributed by atoms with Crippen molar-refractivity contribution in [3.8, 4) is 0 Å². The second-order valence-electron chi connectivity index (χ2n) is 7.60. The van der Waals surface area contributed by atoms with Crippen LogP contribution in [0.25, 0.3) is 0 Å². The van der Waals surface area contributed by atoms with Gasteiger partial charge in [0.15, 0.2) is 0 Å². The summed E-state index contributed by atoms with van der Waals surface area (Å²) in [6, 6.07) is 1.45. The molecule has 2 nitrogen and oxygen atoms in total. The zero-order valence-corrected chi connectivity index (χ0v) is 14.1. The Morgan fingerprint density at radius 3 is 2.84 bits per heavy atom. The lowest BCUT2D eigenvalue weighted by Crippen LogP contribution is -2.49. The third kappa shape index (κ3) is 4.95. The summed E-state index contributed by atoms with van der Waals surface area (Å²) in [6.45, 7) is 13.2. The molecule has 2 aliphatic rings. The fraction of sp³-hybridized carbons (Fsp3) is 1.00. The molecule has 0 bridgehead atoms. The molecule has 2 fully saturated rings. The number of hydrogen-bond donors (Lipinski definition) is 1. The van der Waals surface area contributed by atoms with Crippen LogP contribution in [0.5, 0.6) is 0 Å². The summed E-state index contributed by atoms with van der Waals surface area (Å²) < 4.78 is 0. The van der Waals surface area contributed by atoms with E-state index in [0.29, 0.717) is 11.5 Å². The first-order valence-corrected chi connectivity index (χ1v) is 9.17. The molecule has 0 aromatic rings. The van der Waals surface area contributed by atoms with E-state index in [-0.39, 0.29) is 0 Å². The standard InChI is InChI=1S/C16H32N2S/c1-13(2)17-9-14-6-5-7-18(10-14)15-8-16(3,4)12-19-11-15/h13-15,17H,5-12H2,1-4H3. The van der Waals surface area contributed by atoms with Crippen molar-refractivity contribution in [1.82, 2.24) is 10.2 Å². The molecular weight excluding hydrogens is 252 g/mol. The predicted molar refractivity (Wildman–Crippen MR) is 86.9 cm³/mol. The first kappa shape index (κ1) is 15.7. The Labute approximate surface area is 124 Å². The summed E-state index contributed by atoms with van der Waals surface area (Å²) in [4.78, 5) is 2.80. The first-order chi connectivity index (χ1) is 8.96. The third-order valence-corrected chi connectivity index (χ3v) is 6.08. The fourth-order valence-corrected chi connectivity index (χ4v) is 4.85. The monoisotopic (exact) mass is 284 g/mol. The Kier molecular flexibility index (Phi) is 5.62. The van der Waals surface area contributed by atoms with Gasteiger partial charge in [0, 0.05) is 24.4 Å². The van der Waals surface area contributed by atoms with Gasteiger partial charge < -0.3 is 5.32 Å². The van der Waals surface area contributed by atoms with Crippen molar-refractivity contribution >= 4 is 11.8 Å². The highest BCUT2D eigenvalue weighted by Crippen LogP contribution is 2.36. The van der Waals surface area contributed by atoms with Crippen LogP contribution in [-0.4, -0.2) is 48.1 Å². The van der Waals surface area contributed by atoms with Crippen LogP contribution in [0, 0.1) is 11.3 Å². The van der Waals surface area contributed by atoms with Crippen molar-refractivity contribution in [3.63, 3.8) is 0 Å². The Balaban J connectivity index is 1.83. The molecule has 0 aromatic heterocycles. The molecule has 2 aliphatic heterocycles. The molecule has 0 aromatic carbocycles. The number of nitrogens with zero attached hydrogens (tertiary/aromatic N) is 1. The van der Waals surface area contributed by atoms with Gasteiger partial charge in [-0.15, -0.1) is 0 Å². The van der Waals surface area contributed by atoms with Crippen LogP contribution in [-0.2, 0) is 0 Å². The van der Waals surface area contributed by atoms with Crippen molar-refractivity contribution in [2.24, 2.45) is 11.3 Å². The van der Waals surface area contributed by atoms with E-state index in [1.165, 1.54) is 50.4 Å². The van der Waals surface area contributed by atoms with E-state index in [1.54, 1.807) is 0 Å². The van der Waals surface area contributed by atoms with Crippen LogP contribution in [0.3, 0.4) is 0 Å². The van der Waals surface area contributed by atoms with Crippen molar-refractivity contribution < 1.29 is 0 Å². The second kappa shape index (κ2) is 6.82. The van der Waals surface area contributed by atoms with E-state index in [4.69, 9.17) is 0 Å². The quantitative estimate of drug-likeness (QED) is 0.853. The normalized spacial score (nSPS) is 32.7. The average molecular weight is 285 g/mol. The molecule has 0 saturated carbocycles. The average Bonchev–Trinajstić information content (AvgIpc) is 2.35. The summed E-state index contributed by atoms with van der Waals surface area (Å²) in [5.74, 6) is 3.56. The lowest BCUT2D eigenvalue weighted by Gasteiger charge is -2.44. The van der Waals surface area contributed by atoms with Gasteiger partial charge in [0.1, 0.15) is 0 Å². The Morgan fingerprint density at radius 1 is 1.37 bits per heavy atom. The highest BCUT2D eigenvalue weighted by molar-refractivity contribution is 7.99. The predicted octanol–water partition coefficient (Wildman–Crippen LogP) is 3.23. The van der Waals surface area contributed by atoms with Crippen LogP contribution >= 0.6 is 11.8 Å². The van der Waals surface area contributed by atoms with Gasteiger partial charge in [-0.3, -0.25) is 4.90 Å². The van der Waals surface area contributed by atoms with E-state index in [0.717, 1.165) is 12.0 Å². The second-order valence-corrected chi connectivity index (χ2v) is 8.63. The van der Waals surface area contributed by atoms with E-state index in [9.17, 15) is 0 Å². The largest absolute Gasteiger partial charge is 0.314 e. The van der Waals surface area contributed by atoms with Gasteiger partial charge in [-0.05, 0) is 49.4 Å². The minimum atomic E-state index is 0.538. The van der Waals surface area contributed by atoms with Crippen LogP contribution in [0.4, 0.5) is 0 Å². The minimum Gasteiger partial charge on any atom is -0.314 e. The SMILES string of the molecule is CC(C)NCC1CCCN(C2CSCC(C)(C)C2)C1. The lowest BCUT2D eigenvalue weighted by atomic mass is 9.86. The summed E-state index contributed by atoms with van der Waals surface area (Å²) in [5.41, 5.74) is 0.538. The molecule has 112 valence electrons. The zero-order chi connectivity index (χ0) is 13.9. The van der Waals surface area contributed by atoms with Crippen molar-refractivity contribution in [2.75, 3.05) is 31.1 Å². The van der Waals surface area contributed by atoms with E-state index >= 15 is 0 Å². The molecule has 2 unspecified atom stereocenters. The molecule has 0 spiro atoms. The van der Waals surface area contributed by atoms with E-state index in [2.05, 4.69) is 49.7 Å². The van der Waals surface area contributed by atoms with Gasteiger partial charge in [0.2, 0.25) is 0 Å². The van der Waals surface area contributed by atoms with Gasteiger partial charge >= 0.3 is 0 Å². The molecule has 3 heteroatoms. The first-order valence-electron chi connectivity index (χ1n) is 8.01. The van der Waals surface area contributed by atoms with Crippen molar-refractivity contribution in [1.29, 1.82) is 0 Å². The molecule has 0 aliphatic carbocycles. The molecule has 2 atom stereocenters. The molecule has 2 saturated heterocycles. The fourth-order valence-electron chi connectivity index (χ4n) is 3.46. The maximum atomic E-state index is 3.62. The number of thioether (sulfide) groups is 1. The van der Waals surface area contributed by atoms with E-state index < -0.39 is 0 Å². The van der Waals surface area contributed by atoms with Gasteiger partial charge in [-0.1, -0.05) is 27.7 Å².